The Labute approximate surface area is 323 Å². The second-order valence-electron chi connectivity index (χ2n) is 12.9. The number of hydrogen-bond donors (Lipinski definition) is 14. The fraction of sp³-hybridized carbons (Fsp3) is 0.545. The van der Waals surface area contributed by atoms with Gasteiger partial charge in [-0.2, -0.15) is 0 Å². The van der Waals surface area contributed by atoms with E-state index in [0.29, 0.717) is 5.56 Å². The molecule has 10 atom stereocenters. The van der Waals surface area contributed by atoms with Crippen LogP contribution in [0.25, 0.3) is 0 Å². The second-order valence-corrected chi connectivity index (χ2v) is 12.9. The molecule has 0 bridgehead atoms. The van der Waals surface area contributed by atoms with Gasteiger partial charge in [-0.25, -0.2) is 4.79 Å². The predicted molar refractivity (Wildman–Crippen MR) is 188 cm³/mol. The molecule has 0 radical (unpaired) electrons. The van der Waals surface area contributed by atoms with Crippen molar-refractivity contribution in [1.82, 2.24) is 37.2 Å². The number of carboxylic acids is 2. The van der Waals surface area contributed by atoms with Gasteiger partial charge < -0.3 is 77.7 Å². The standard InChI is InChI=1S/C33H47N7O17/c1-13(28(51)37-18(8-16-4-6-17(45)7-5-16)30(53)39-21(11-41)33(55)56)34-29(52)20(10-24(47)48)38-31(54)19(35-14(2)43)9-23(46)40-32-25(36-15(3)44)27(50)26(49)22(12-42)57-32/h4-7,13,18-22,25-27,32,41-42,45,49-50H,8-12H2,1-3H3,(H,34,52)(H,35,43)(H,36,44)(H,37,51)(H,38,54)(H,39,53)(H,40,46)(H,47,48)(H,55,56)/t13-,18-,19-,20-,21-,22+,25+,26+,27+,32+/m0/s1. The highest BCUT2D eigenvalue weighted by Crippen LogP contribution is 2.20. The maximum absolute atomic E-state index is 13.3. The largest absolute Gasteiger partial charge is 0.508 e. The molecule has 0 spiro atoms. The molecule has 0 unspecified atom stereocenters. The van der Waals surface area contributed by atoms with Gasteiger partial charge in [-0.1, -0.05) is 12.1 Å². The van der Waals surface area contributed by atoms with Gasteiger partial charge in [0.05, 0.1) is 26.1 Å². The molecule has 24 nitrogen and oxygen atoms in total. The first kappa shape index (κ1) is 47.2. The lowest BCUT2D eigenvalue weighted by atomic mass is 9.95. The smallest absolute Gasteiger partial charge is 0.328 e. The zero-order valence-electron chi connectivity index (χ0n) is 30.8. The van der Waals surface area contributed by atoms with Gasteiger partial charge in [0.15, 0.2) is 6.23 Å². The van der Waals surface area contributed by atoms with Gasteiger partial charge in [0.1, 0.15) is 60.3 Å². The quantitative estimate of drug-likeness (QED) is 0.0582. The van der Waals surface area contributed by atoms with Crippen molar-refractivity contribution >= 4 is 53.3 Å². The average Bonchev–Trinajstić information content (AvgIpc) is 3.12. The Bertz CT molecular complexity index is 1640. The highest BCUT2D eigenvalue weighted by molar-refractivity contribution is 5.98. The number of rotatable bonds is 20. The number of carboxylic acid groups (broad SMARTS) is 2. The third-order valence-electron chi connectivity index (χ3n) is 8.25. The second kappa shape index (κ2) is 22.0. The molecule has 24 heteroatoms. The van der Waals surface area contributed by atoms with Crippen molar-refractivity contribution in [2.24, 2.45) is 0 Å². The molecule has 1 aliphatic heterocycles. The lowest BCUT2D eigenvalue weighted by Gasteiger charge is -2.42. The highest BCUT2D eigenvalue weighted by atomic mass is 16.5. The van der Waals surface area contributed by atoms with E-state index in [1.165, 1.54) is 24.3 Å². The molecule has 1 aromatic rings. The lowest BCUT2D eigenvalue weighted by Crippen LogP contribution is -2.68. The summed E-state index contributed by atoms with van der Waals surface area (Å²) in [4.78, 5) is 113. The van der Waals surface area contributed by atoms with Gasteiger partial charge in [-0.05, 0) is 24.6 Å². The highest BCUT2D eigenvalue weighted by Gasteiger charge is 2.45. The van der Waals surface area contributed by atoms with Crippen molar-refractivity contribution in [2.75, 3.05) is 13.2 Å². The number of aliphatic hydroxyl groups excluding tert-OH is 4. The number of aromatic hydroxyl groups is 1. The van der Waals surface area contributed by atoms with Crippen LogP contribution in [0.4, 0.5) is 0 Å². The van der Waals surface area contributed by atoms with E-state index < -0.39 is 140 Å². The van der Waals surface area contributed by atoms with Gasteiger partial charge >= 0.3 is 11.9 Å². The van der Waals surface area contributed by atoms with Crippen LogP contribution in [0.2, 0.25) is 0 Å². The van der Waals surface area contributed by atoms with Gasteiger partial charge in [0.25, 0.3) is 0 Å². The number of carbonyl (C=O) groups is 9. The Morgan fingerprint density at radius 3 is 1.75 bits per heavy atom. The van der Waals surface area contributed by atoms with Crippen molar-refractivity contribution in [3.8, 4) is 5.75 Å². The molecule has 14 N–H and O–H groups in total. The number of phenols is 1. The van der Waals surface area contributed by atoms with Crippen LogP contribution in [0.3, 0.4) is 0 Å². The maximum Gasteiger partial charge on any atom is 0.328 e. The summed E-state index contributed by atoms with van der Waals surface area (Å²) in [6.45, 7) is 1.36. The summed E-state index contributed by atoms with van der Waals surface area (Å²) in [6, 6.07) is -4.61. The third kappa shape index (κ3) is 14.9. The Morgan fingerprint density at radius 2 is 1.23 bits per heavy atom. The molecule has 316 valence electrons. The molecule has 1 heterocycles. The van der Waals surface area contributed by atoms with E-state index in [4.69, 9.17) is 4.74 Å². The van der Waals surface area contributed by atoms with Gasteiger partial charge in [-0.15, -0.1) is 0 Å². The molecule has 0 saturated carbocycles. The van der Waals surface area contributed by atoms with E-state index in [9.17, 15) is 78.9 Å². The van der Waals surface area contributed by atoms with E-state index in [-0.39, 0.29) is 12.2 Å². The molecule has 0 aliphatic carbocycles. The van der Waals surface area contributed by atoms with Crippen LogP contribution < -0.4 is 37.2 Å². The summed E-state index contributed by atoms with van der Waals surface area (Å²) in [5.74, 6) is -10.5. The van der Waals surface area contributed by atoms with Crippen LogP contribution in [-0.2, 0) is 54.3 Å². The number of aliphatic carboxylic acids is 2. The summed E-state index contributed by atoms with van der Waals surface area (Å²) in [6.07, 6.45) is -8.65. The van der Waals surface area contributed by atoms with Crippen molar-refractivity contribution in [3.05, 3.63) is 29.8 Å². The van der Waals surface area contributed by atoms with E-state index in [1.807, 2.05) is 0 Å². The molecule has 1 fully saturated rings. The number of ether oxygens (including phenoxy) is 1. The van der Waals surface area contributed by atoms with Crippen LogP contribution in [0.5, 0.6) is 5.75 Å². The minimum Gasteiger partial charge on any atom is -0.508 e. The minimum atomic E-state index is -1.94. The molecule has 7 amide bonds. The summed E-state index contributed by atoms with van der Waals surface area (Å²) in [5.41, 5.74) is 0.386. The molecule has 1 aliphatic rings. The third-order valence-corrected chi connectivity index (χ3v) is 8.25. The van der Waals surface area contributed by atoms with Gasteiger partial charge in [-0.3, -0.25) is 38.4 Å². The first-order valence-corrected chi connectivity index (χ1v) is 17.2. The average molecular weight is 814 g/mol. The first-order chi connectivity index (χ1) is 26.7. The van der Waals surface area contributed by atoms with E-state index in [2.05, 4.69) is 37.2 Å². The predicted octanol–water partition coefficient (Wildman–Crippen LogP) is -6.60. The topological polar surface area (TPSA) is 389 Å². The number of benzene rings is 1. The Hall–Kier alpha value is -5.95. The van der Waals surface area contributed by atoms with Crippen molar-refractivity contribution < 1.29 is 83.6 Å². The first-order valence-electron chi connectivity index (χ1n) is 17.2. The fourth-order valence-corrected chi connectivity index (χ4v) is 5.36. The number of phenolic OH excluding ortho intramolecular Hbond substituents is 1. The summed E-state index contributed by atoms with van der Waals surface area (Å²) in [5, 5.41) is 83.2. The Kier molecular flexibility index (Phi) is 18.2. The minimum absolute atomic E-state index is 0.119. The molecule has 1 aromatic carbocycles. The number of carbonyl (C=O) groups excluding carboxylic acids is 7. The molecule has 1 saturated heterocycles. The number of hydrogen-bond acceptors (Lipinski definition) is 15. The molecular formula is C33H47N7O17. The van der Waals surface area contributed by atoms with Crippen LogP contribution in [0, 0.1) is 0 Å². The van der Waals surface area contributed by atoms with Gasteiger partial charge in [0.2, 0.25) is 41.4 Å². The number of amides is 7. The van der Waals surface area contributed by atoms with Crippen molar-refractivity contribution in [2.45, 2.75) is 101 Å². The SMILES string of the molecule is CC(=O)N[C@@H]1[C@@H](O)[C@H](O)[C@@H](CO)O[C@H]1NC(=O)C[C@H](NC(C)=O)C(=O)N[C@@H](CC(=O)O)C(=O)N[C@@H](C)C(=O)N[C@@H](Cc1ccc(O)cc1)C(=O)N[C@@H](CO)C(=O)O. The summed E-state index contributed by atoms with van der Waals surface area (Å²) in [7, 11) is 0. The fourth-order valence-electron chi connectivity index (χ4n) is 5.36. The zero-order chi connectivity index (χ0) is 43.1. The van der Waals surface area contributed by atoms with E-state index in [0.717, 1.165) is 20.8 Å². The van der Waals surface area contributed by atoms with Crippen LogP contribution >= 0.6 is 0 Å². The summed E-state index contributed by atoms with van der Waals surface area (Å²) >= 11 is 0. The van der Waals surface area contributed by atoms with E-state index in [1.54, 1.807) is 0 Å². The van der Waals surface area contributed by atoms with Crippen LogP contribution in [0.15, 0.2) is 24.3 Å². The Morgan fingerprint density at radius 1 is 0.684 bits per heavy atom. The zero-order valence-corrected chi connectivity index (χ0v) is 30.8. The summed E-state index contributed by atoms with van der Waals surface area (Å²) < 4.78 is 5.41. The van der Waals surface area contributed by atoms with Crippen LogP contribution in [-0.4, -0.2) is 163 Å². The molecule has 0 aromatic heterocycles. The Balaban J connectivity index is 2.22. The number of nitrogens with one attached hydrogen (secondary N) is 7. The van der Waals surface area contributed by atoms with Crippen molar-refractivity contribution in [1.29, 1.82) is 0 Å². The number of aliphatic hydroxyl groups is 4. The van der Waals surface area contributed by atoms with Crippen LogP contribution in [0.1, 0.15) is 39.2 Å². The van der Waals surface area contributed by atoms with Crippen molar-refractivity contribution in [3.63, 3.8) is 0 Å². The lowest BCUT2D eigenvalue weighted by molar-refractivity contribution is -0.203. The monoisotopic (exact) mass is 813 g/mol. The molecular weight excluding hydrogens is 766 g/mol. The molecule has 2 rings (SSSR count). The normalized spacial score (nSPS) is 21.5. The molecule has 57 heavy (non-hydrogen) atoms. The van der Waals surface area contributed by atoms with E-state index >= 15 is 0 Å². The maximum atomic E-state index is 13.3. The van der Waals surface area contributed by atoms with Gasteiger partial charge in [0, 0.05) is 20.3 Å².